The number of rotatable bonds is 6. The zero-order valence-corrected chi connectivity index (χ0v) is 20.3. The molecular formula is C24H23F2N5O5S. The van der Waals surface area contributed by atoms with Gasteiger partial charge in [-0.05, 0) is 30.7 Å². The minimum Gasteiger partial charge on any atom is -0.381 e. The van der Waals surface area contributed by atoms with Crippen LogP contribution in [-0.4, -0.2) is 54.5 Å². The van der Waals surface area contributed by atoms with Crippen LogP contribution in [-0.2, 0) is 32.5 Å². The molecule has 2 aliphatic rings. The van der Waals surface area contributed by atoms with Gasteiger partial charge in [0.2, 0.25) is 15.9 Å². The van der Waals surface area contributed by atoms with Gasteiger partial charge in [-0.15, -0.1) is 0 Å². The maximum Gasteiger partial charge on any atom is 0.258 e. The number of aromatic nitrogens is 2. The van der Waals surface area contributed by atoms with Crippen molar-refractivity contribution in [3.05, 3.63) is 70.9 Å². The van der Waals surface area contributed by atoms with Crippen molar-refractivity contribution in [1.29, 1.82) is 0 Å². The third-order valence-electron chi connectivity index (χ3n) is 6.33. The lowest BCUT2D eigenvalue weighted by Crippen LogP contribution is -2.36. The van der Waals surface area contributed by atoms with E-state index in [0.29, 0.717) is 42.6 Å². The number of amides is 2. The Morgan fingerprint density at radius 1 is 1.11 bits per heavy atom. The number of benzene rings is 2. The molecule has 0 aliphatic carbocycles. The van der Waals surface area contributed by atoms with Gasteiger partial charge >= 0.3 is 0 Å². The van der Waals surface area contributed by atoms with Gasteiger partial charge < -0.3 is 15.4 Å². The molecule has 1 unspecified atom stereocenters. The highest BCUT2D eigenvalue weighted by Gasteiger charge is 2.32. The lowest BCUT2D eigenvalue weighted by molar-refractivity contribution is -0.119. The standard InChI is InChI=1S/C24H23F2N5O5S/c25-15-9-16(26)11-17(10-15)37(34,35)31-7-5-21-19(12-31)22(30-29-21)28-24(33)18-3-1-2-4-20(18)27-23(32)14-6-8-36-13-14/h1-4,9-11,14H,5-8,12-13H2,(H,27,32)(H2,28,29,30,33). The Kier molecular flexibility index (Phi) is 6.75. The van der Waals surface area contributed by atoms with E-state index in [1.165, 1.54) is 0 Å². The second kappa shape index (κ2) is 10.00. The number of sulfonamides is 1. The van der Waals surface area contributed by atoms with E-state index < -0.39 is 32.5 Å². The molecule has 1 atom stereocenters. The number of fused-ring (bicyclic) bond motifs is 1. The summed E-state index contributed by atoms with van der Waals surface area (Å²) in [6.07, 6.45) is 0.854. The molecule has 0 radical (unpaired) electrons. The number of para-hydroxylation sites is 1. The molecule has 3 aromatic rings. The van der Waals surface area contributed by atoms with Crippen molar-refractivity contribution in [3.8, 4) is 0 Å². The monoisotopic (exact) mass is 531 g/mol. The van der Waals surface area contributed by atoms with Crippen LogP contribution in [0, 0.1) is 17.6 Å². The van der Waals surface area contributed by atoms with Crippen molar-refractivity contribution < 1.29 is 31.5 Å². The highest BCUT2D eigenvalue weighted by Crippen LogP contribution is 2.29. The van der Waals surface area contributed by atoms with E-state index in [1.54, 1.807) is 24.3 Å². The van der Waals surface area contributed by atoms with Crippen LogP contribution in [0.5, 0.6) is 0 Å². The van der Waals surface area contributed by atoms with Crippen molar-refractivity contribution in [1.82, 2.24) is 14.5 Å². The van der Waals surface area contributed by atoms with Gasteiger partial charge in [0, 0.05) is 43.4 Å². The molecular weight excluding hydrogens is 508 g/mol. The lowest BCUT2D eigenvalue weighted by Gasteiger charge is -2.26. The SMILES string of the molecule is O=C(Nc1n[nH]c2c1CN(S(=O)(=O)c1cc(F)cc(F)c1)CC2)c1ccccc1NC(=O)C1CCOC1. The van der Waals surface area contributed by atoms with Crippen LogP contribution in [0.25, 0.3) is 0 Å². The fourth-order valence-corrected chi connectivity index (χ4v) is 5.80. The Labute approximate surface area is 211 Å². The van der Waals surface area contributed by atoms with Crippen LogP contribution in [0.15, 0.2) is 47.4 Å². The first kappa shape index (κ1) is 25.0. The van der Waals surface area contributed by atoms with Crippen molar-refractivity contribution in [2.45, 2.75) is 24.3 Å². The predicted octanol–water partition coefficient (Wildman–Crippen LogP) is 2.66. The molecule has 2 aliphatic heterocycles. The largest absolute Gasteiger partial charge is 0.381 e. The molecule has 3 N–H and O–H groups in total. The Balaban J connectivity index is 1.35. The topological polar surface area (TPSA) is 133 Å². The van der Waals surface area contributed by atoms with E-state index in [4.69, 9.17) is 4.74 Å². The summed E-state index contributed by atoms with van der Waals surface area (Å²) in [5.41, 5.74) is 1.58. The van der Waals surface area contributed by atoms with Gasteiger partial charge in [-0.1, -0.05) is 12.1 Å². The molecule has 37 heavy (non-hydrogen) atoms. The Bertz CT molecular complexity index is 1450. The number of ether oxygens (including phenoxy) is 1. The molecule has 1 saturated heterocycles. The number of hydrogen-bond donors (Lipinski definition) is 3. The van der Waals surface area contributed by atoms with Crippen molar-refractivity contribution in [3.63, 3.8) is 0 Å². The molecule has 3 heterocycles. The number of anilines is 2. The summed E-state index contributed by atoms with van der Waals surface area (Å²) < 4.78 is 59.8. The maximum absolute atomic E-state index is 13.7. The summed E-state index contributed by atoms with van der Waals surface area (Å²) in [5, 5.41) is 12.4. The molecule has 194 valence electrons. The summed E-state index contributed by atoms with van der Waals surface area (Å²) >= 11 is 0. The van der Waals surface area contributed by atoms with Crippen molar-refractivity contribution in [2.24, 2.45) is 5.92 Å². The first-order chi connectivity index (χ1) is 17.7. The molecule has 2 aromatic carbocycles. The molecule has 1 aromatic heterocycles. The molecule has 10 nitrogen and oxygen atoms in total. The average molecular weight is 532 g/mol. The van der Waals surface area contributed by atoms with Gasteiger partial charge in [0.15, 0.2) is 5.82 Å². The Hall–Kier alpha value is -3.68. The highest BCUT2D eigenvalue weighted by atomic mass is 32.2. The minimum atomic E-state index is -4.21. The second-order valence-corrected chi connectivity index (χ2v) is 10.7. The van der Waals surface area contributed by atoms with Crippen LogP contribution in [0.1, 0.15) is 28.0 Å². The number of aromatic amines is 1. The second-order valence-electron chi connectivity index (χ2n) is 8.77. The molecule has 0 saturated carbocycles. The quantitative estimate of drug-likeness (QED) is 0.448. The van der Waals surface area contributed by atoms with Crippen LogP contribution >= 0.6 is 0 Å². The van der Waals surface area contributed by atoms with Gasteiger partial charge in [0.05, 0.1) is 28.7 Å². The Morgan fingerprint density at radius 3 is 2.59 bits per heavy atom. The lowest BCUT2D eigenvalue weighted by atomic mass is 10.1. The Morgan fingerprint density at radius 2 is 1.86 bits per heavy atom. The first-order valence-corrected chi connectivity index (χ1v) is 13.0. The van der Waals surface area contributed by atoms with Gasteiger partial charge in [-0.25, -0.2) is 17.2 Å². The van der Waals surface area contributed by atoms with E-state index in [2.05, 4.69) is 20.8 Å². The fourth-order valence-electron chi connectivity index (χ4n) is 4.35. The van der Waals surface area contributed by atoms with Crippen molar-refractivity contribution >= 4 is 33.3 Å². The summed E-state index contributed by atoms with van der Waals surface area (Å²) in [6.45, 7) is 0.720. The number of hydrogen-bond acceptors (Lipinski definition) is 6. The maximum atomic E-state index is 13.7. The van der Waals surface area contributed by atoms with Gasteiger partial charge in [0.1, 0.15) is 11.6 Å². The third-order valence-corrected chi connectivity index (χ3v) is 8.16. The highest BCUT2D eigenvalue weighted by molar-refractivity contribution is 7.89. The molecule has 2 amide bonds. The van der Waals surface area contributed by atoms with E-state index in [9.17, 15) is 26.8 Å². The number of H-pyrrole nitrogens is 1. The van der Waals surface area contributed by atoms with Gasteiger partial charge in [0.25, 0.3) is 5.91 Å². The summed E-state index contributed by atoms with van der Waals surface area (Å²) in [4.78, 5) is 25.2. The van der Waals surface area contributed by atoms with Crippen LogP contribution < -0.4 is 10.6 Å². The molecule has 13 heteroatoms. The van der Waals surface area contributed by atoms with Crippen LogP contribution in [0.2, 0.25) is 0 Å². The summed E-state index contributed by atoms with van der Waals surface area (Å²) in [5.74, 6) is -2.98. The predicted molar refractivity (Wildman–Crippen MR) is 128 cm³/mol. The van der Waals surface area contributed by atoms with E-state index in [0.717, 1.165) is 16.4 Å². The first-order valence-electron chi connectivity index (χ1n) is 11.5. The van der Waals surface area contributed by atoms with Crippen LogP contribution in [0.3, 0.4) is 0 Å². The van der Waals surface area contributed by atoms with Crippen LogP contribution in [0.4, 0.5) is 20.3 Å². The normalized spacial score (nSPS) is 17.8. The average Bonchev–Trinajstić information content (AvgIpc) is 3.54. The number of halogens is 2. The van der Waals surface area contributed by atoms with Gasteiger partial charge in [-0.3, -0.25) is 14.7 Å². The third kappa shape index (κ3) is 5.10. The molecule has 5 rings (SSSR count). The molecule has 0 spiro atoms. The van der Waals surface area contributed by atoms with E-state index in [1.807, 2.05) is 0 Å². The van der Waals surface area contributed by atoms with Gasteiger partial charge in [-0.2, -0.15) is 9.40 Å². The zero-order valence-electron chi connectivity index (χ0n) is 19.5. The van der Waals surface area contributed by atoms with Crippen molar-refractivity contribution in [2.75, 3.05) is 30.4 Å². The molecule has 0 bridgehead atoms. The zero-order chi connectivity index (χ0) is 26.2. The fraction of sp³-hybridized carbons (Fsp3) is 0.292. The summed E-state index contributed by atoms with van der Waals surface area (Å²) in [7, 11) is -4.21. The number of carbonyl (C=O) groups is 2. The number of carbonyl (C=O) groups excluding carboxylic acids is 2. The minimum absolute atomic E-state index is 0.0583. The van der Waals surface area contributed by atoms with E-state index in [-0.39, 0.29) is 42.7 Å². The molecule has 1 fully saturated rings. The summed E-state index contributed by atoms with van der Waals surface area (Å²) in [6, 6.07) is 8.60. The number of nitrogens with zero attached hydrogens (tertiary/aromatic N) is 2. The smallest absolute Gasteiger partial charge is 0.258 e. The number of nitrogens with one attached hydrogen (secondary N) is 3. The van der Waals surface area contributed by atoms with E-state index >= 15 is 0 Å².